The lowest BCUT2D eigenvalue weighted by Gasteiger charge is -2.12. The highest BCUT2D eigenvalue weighted by Crippen LogP contribution is 2.28. The SMILES string of the molecule is CCOc1ccc(C(=O)CCOCCOC)cc1OCC. The van der Waals surface area contributed by atoms with E-state index in [2.05, 4.69) is 0 Å². The van der Waals surface area contributed by atoms with Gasteiger partial charge in [0.2, 0.25) is 0 Å². The Morgan fingerprint density at radius 3 is 2.38 bits per heavy atom. The molecular weight excluding hydrogens is 272 g/mol. The van der Waals surface area contributed by atoms with Crippen molar-refractivity contribution in [2.75, 3.05) is 40.1 Å². The second-order valence-electron chi connectivity index (χ2n) is 4.31. The first-order valence-electron chi connectivity index (χ1n) is 7.22. The Morgan fingerprint density at radius 1 is 1.00 bits per heavy atom. The Labute approximate surface area is 126 Å². The molecule has 0 fully saturated rings. The number of Topliss-reactive ketones (excluding diaryl/α,β-unsaturated/α-hetero) is 1. The van der Waals surface area contributed by atoms with Crippen LogP contribution >= 0.6 is 0 Å². The fourth-order valence-corrected chi connectivity index (χ4v) is 1.78. The monoisotopic (exact) mass is 296 g/mol. The van der Waals surface area contributed by atoms with Crippen LogP contribution in [0.4, 0.5) is 0 Å². The van der Waals surface area contributed by atoms with Crippen LogP contribution in [0.2, 0.25) is 0 Å². The highest BCUT2D eigenvalue weighted by molar-refractivity contribution is 5.96. The van der Waals surface area contributed by atoms with E-state index in [1.54, 1.807) is 25.3 Å². The van der Waals surface area contributed by atoms with E-state index in [0.717, 1.165) is 0 Å². The molecule has 1 rings (SSSR count). The molecule has 21 heavy (non-hydrogen) atoms. The molecule has 0 N–H and O–H groups in total. The minimum atomic E-state index is 0.0245. The van der Waals surface area contributed by atoms with E-state index in [0.29, 0.717) is 56.5 Å². The minimum absolute atomic E-state index is 0.0245. The second-order valence-corrected chi connectivity index (χ2v) is 4.31. The third-order valence-corrected chi connectivity index (χ3v) is 2.77. The van der Waals surface area contributed by atoms with Gasteiger partial charge in [0.15, 0.2) is 17.3 Å². The van der Waals surface area contributed by atoms with Crippen LogP contribution in [0.5, 0.6) is 11.5 Å². The number of ketones is 1. The predicted molar refractivity (Wildman–Crippen MR) is 80.4 cm³/mol. The molecule has 0 radical (unpaired) electrons. The largest absolute Gasteiger partial charge is 0.490 e. The molecule has 0 aliphatic carbocycles. The molecule has 0 bridgehead atoms. The van der Waals surface area contributed by atoms with Gasteiger partial charge in [0, 0.05) is 19.1 Å². The van der Waals surface area contributed by atoms with Crippen LogP contribution in [0, 0.1) is 0 Å². The maximum atomic E-state index is 12.1. The summed E-state index contributed by atoms with van der Waals surface area (Å²) in [5.41, 5.74) is 0.609. The summed E-state index contributed by atoms with van der Waals surface area (Å²) in [5, 5.41) is 0. The number of hydrogen-bond donors (Lipinski definition) is 0. The molecule has 0 aromatic heterocycles. The zero-order valence-corrected chi connectivity index (χ0v) is 13.0. The third kappa shape index (κ3) is 6.14. The van der Waals surface area contributed by atoms with Gasteiger partial charge in [-0.15, -0.1) is 0 Å². The minimum Gasteiger partial charge on any atom is -0.490 e. The molecule has 0 unspecified atom stereocenters. The lowest BCUT2D eigenvalue weighted by atomic mass is 10.1. The maximum absolute atomic E-state index is 12.1. The summed E-state index contributed by atoms with van der Waals surface area (Å²) in [6.07, 6.45) is 0.337. The molecule has 0 atom stereocenters. The molecule has 0 heterocycles. The molecule has 5 nitrogen and oxygen atoms in total. The van der Waals surface area contributed by atoms with Gasteiger partial charge in [-0.2, -0.15) is 0 Å². The van der Waals surface area contributed by atoms with E-state index in [1.165, 1.54) is 0 Å². The number of rotatable bonds is 11. The molecule has 118 valence electrons. The van der Waals surface area contributed by atoms with Crippen molar-refractivity contribution < 1.29 is 23.7 Å². The summed E-state index contributed by atoms with van der Waals surface area (Å²) in [6.45, 7) is 6.31. The number of ether oxygens (including phenoxy) is 4. The third-order valence-electron chi connectivity index (χ3n) is 2.77. The van der Waals surface area contributed by atoms with Gasteiger partial charge in [0.1, 0.15) is 0 Å². The zero-order chi connectivity index (χ0) is 15.5. The van der Waals surface area contributed by atoms with Crippen molar-refractivity contribution in [3.05, 3.63) is 23.8 Å². The number of benzene rings is 1. The standard InChI is InChI=1S/C16H24O5/c1-4-20-15-7-6-13(12-16(15)21-5-2)14(17)8-9-19-11-10-18-3/h6-7,12H,4-5,8-11H2,1-3H3. The summed E-state index contributed by atoms with van der Waals surface area (Å²) in [4.78, 5) is 12.1. The topological polar surface area (TPSA) is 54.0 Å². The van der Waals surface area contributed by atoms with Crippen molar-refractivity contribution in [2.45, 2.75) is 20.3 Å². The van der Waals surface area contributed by atoms with Crippen molar-refractivity contribution in [3.63, 3.8) is 0 Å². The number of carbonyl (C=O) groups excluding carboxylic acids is 1. The lowest BCUT2D eigenvalue weighted by Crippen LogP contribution is -2.08. The van der Waals surface area contributed by atoms with Gasteiger partial charge in [-0.3, -0.25) is 4.79 Å². The smallest absolute Gasteiger partial charge is 0.165 e. The second kappa shape index (κ2) is 10.2. The zero-order valence-electron chi connectivity index (χ0n) is 13.0. The fourth-order valence-electron chi connectivity index (χ4n) is 1.78. The first kappa shape index (κ1) is 17.5. The van der Waals surface area contributed by atoms with Crippen molar-refractivity contribution in [1.82, 2.24) is 0 Å². The number of carbonyl (C=O) groups is 1. The molecule has 0 aliphatic heterocycles. The van der Waals surface area contributed by atoms with Crippen molar-refractivity contribution in [1.29, 1.82) is 0 Å². The van der Waals surface area contributed by atoms with Crippen LogP contribution < -0.4 is 9.47 Å². The maximum Gasteiger partial charge on any atom is 0.165 e. The van der Waals surface area contributed by atoms with Crippen molar-refractivity contribution in [2.24, 2.45) is 0 Å². The first-order valence-corrected chi connectivity index (χ1v) is 7.22. The van der Waals surface area contributed by atoms with Crippen LogP contribution in [-0.4, -0.2) is 45.9 Å². The van der Waals surface area contributed by atoms with Crippen LogP contribution in [0.15, 0.2) is 18.2 Å². The highest BCUT2D eigenvalue weighted by Gasteiger charge is 2.11. The first-order chi connectivity index (χ1) is 10.2. The molecule has 5 heteroatoms. The molecule has 0 aliphatic rings. The van der Waals surface area contributed by atoms with Gasteiger partial charge in [-0.25, -0.2) is 0 Å². The van der Waals surface area contributed by atoms with E-state index < -0.39 is 0 Å². The Bertz CT molecular complexity index is 431. The molecule has 1 aromatic rings. The Kier molecular flexibility index (Phi) is 8.47. The van der Waals surface area contributed by atoms with E-state index in [4.69, 9.17) is 18.9 Å². The Morgan fingerprint density at radius 2 is 1.71 bits per heavy atom. The summed E-state index contributed by atoms with van der Waals surface area (Å²) in [5.74, 6) is 1.29. The normalized spacial score (nSPS) is 10.4. The molecule has 0 saturated heterocycles. The predicted octanol–water partition coefficient (Wildman–Crippen LogP) is 2.72. The molecule has 0 saturated carbocycles. The lowest BCUT2D eigenvalue weighted by molar-refractivity contribution is 0.0641. The molecular formula is C16H24O5. The van der Waals surface area contributed by atoms with Gasteiger partial charge >= 0.3 is 0 Å². The number of hydrogen-bond acceptors (Lipinski definition) is 5. The summed E-state index contributed by atoms with van der Waals surface area (Å²) in [7, 11) is 1.61. The van der Waals surface area contributed by atoms with Crippen LogP contribution in [0.3, 0.4) is 0 Å². The van der Waals surface area contributed by atoms with E-state index in [9.17, 15) is 4.79 Å². The summed E-state index contributed by atoms with van der Waals surface area (Å²) < 4.78 is 21.2. The van der Waals surface area contributed by atoms with Crippen LogP contribution in [-0.2, 0) is 9.47 Å². The van der Waals surface area contributed by atoms with Gasteiger partial charge in [-0.05, 0) is 32.0 Å². The van der Waals surface area contributed by atoms with E-state index in [-0.39, 0.29) is 5.78 Å². The van der Waals surface area contributed by atoms with Gasteiger partial charge in [-0.1, -0.05) is 0 Å². The summed E-state index contributed by atoms with van der Waals surface area (Å²) in [6, 6.07) is 5.25. The van der Waals surface area contributed by atoms with Gasteiger partial charge in [0.25, 0.3) is 0 Å². The molecule has 0 amide bonds. The number of methoxy groups -OCH3 is 1. The van der Waals surface area contributed by atoms with Gasteiger partial charge in [0.05, 0.1) is 33.0 Å². The van der Waals surface area contributed by atoms with Crippen LogP contribution in [0.1, 0.15) is 30.6 Å². The van der Waals surface area contributed by atoms with Gasteiger partial charge < -0.3 is 18.9 Å². The van der Waals surface area contributed by atoms with E-state index >= 15 is 0 Å². The highest BCUT2D eigenvalue weighted by atomic mass is 16.5. The fraction of sp³-hybridized carbons (Fsp3) is 0.562. The summed E-state index contributed by atoms with van der Waals surface area (Å²) >= 11 is 0. The van der Waals surface area contributed by atoms with E-state index in [1.807, 2.05) is 13.8 Å². The average molecular weight is 296 g/mol. The van der Waals surface area contributed by atoms with Crippen molar-refractivity contribution in [3.8, 4) is 11.5 Å². The average Bonchev–Trinajstić information content (AvgIpc) is 2.49. The Hall–Kier alpha value is -1.59. The Balaban J connectivity index is 2.60. The van der Waals surface area contributed by atoms with Crippen LogP contribution in [0.25, 0.3) is 0 Å². The molecule has 0 spiro atoms. The molecule has 1 aromatic carbocycles. The quantitative estimate of drug-likeness (QED) is 0.464. The van der Waals surface area contributed by atoms with Crippen molar-refractivity contribution >= 4 is 5.78 Å².